The van der Waals surface area contributed by atoms with Gasteiger partial charge in [0.2, 0.25) is 0 Å². The van der Waals surface area contributed by atoms with Crippen LogP contribution in [0.5, 0.6) is 0 Å². The van der Waals surface area contributed by atoms with E-state index in [9.17, 15) is 9.90 Å². The second kappa shape index (κ2) is 6.66. The third-order valence-electron chi connectivity index (χ3n) is 1.88. The average molecular weight is 186 g/mol. The minimum Gasteiger partial charge on any atom is -0.464 e. The molecule has 0 aromatic heterocycles. The molecule has 0 aliphatic rings. The van der Waals surface area contributed by atoms with Crippen LogP contribution >= 0.6 is 0 Å². The van der Waals surface area contributed by atoms with Crippen molar-refractivity contribution in [3.05, 3.63) is 11.6 Å². The van der Waals surface area contributed by atoms with E-state index in [-0.39, 0.29) is 0 Å². The molecule has 0 aromatic rings. The second-order valence-corrected chi connectivity index (χ2v) is 2.77. The first-order chi connectivity index (χ1) is 6.15. The largest absolute Gasteiger partial charge is 0.464 e. The molecule has 0 aliphatic carbocycles. The molecule has 0 heterocycles. The Labute approximate surface area is 79.4 Å². The number of aliphatic hydroxyl groups excluding tert-OH is 1. The standard InChI is InChI=1S/C10H18O3/c1-4-8(5-2)7-9(11)10(12)13-6-3/h4,9,11H,5-7H2,1-3H3/b8-4-/t9-/m1/s1. The van der Waals surface area contributed by atoms with Gasteiger partial charge in [0.25, 0.3) is 0 Å². The van der Waals surface area contributed by atoms with Gasteiger partial charge in [-0.05, 0) is 20.3 Å². The first kappa shape index (κ1) is 12.2. The highest BCUT2D eigenvalue weighted by Gasteiger charge is 2.16. The van der Waals surface area contributed by atoms with Crippen LogP contribution in [0.2, 0.25) is 0 Å². The Morgan fingerprint density at radius 1 is 1.54 bits per heavy atom. The van der Waals surface area contributed by atoms with Gasteiger partial charge in [0, 0.05) is 6.42 Å². The fourth-order valence-electron chi connectivity index (χ4n) is 1.04. The molecule has 3 nitrogen and oxygen atoms in total. The fraction of sp³-hybridized carbons (Fsp3) is 0.700. The van der Waals surface area contributed by atoms with Gasteiger partial charge in [-0.15, -0.1) is 0 Å². The third kappa shape index (κ3) is 4.68. The molecule has 1 atom stereocenters. The maximum absolute atomic E-state index is 11.0. The lowest BCUT2D eigenvalue weighted by molar-refractivity contribution is -0.152. The summed E-state index contributed by atoms with van der Waals surface area (Å²) in [6, 6.07) is 0. The van der Waals surface area contributed by atoms with Crippen LogP contribution in [0.15, 0.2) is 11.6 Å². The Hall–Kier alpha value is -0.830. The van der Waals surface area contributed by atoms with Crippen LogP contribution in [0.25, 0.3) is 0 Å². The molecule has 0 unspecified atom stereocenters. The summed E-state index contributed by atoms with van der Waals surface area (Å²) < 4.78 is 4.68. The Morgan fingerprint density at radius 2 is 2.15 bits per heavy atom. The first-order valence-electron chi connectivity index (χ1n) is 4.64. The lowest BCUT2D eigenvalue weighted by Gasteiger charge is -2.10. The summed E-state index contributed by atoms with van der Waals surface area (Å²) in [4.78, 5) is 11.0. The Morgan fingerprint density at radius 3 is 2.54 bits per heavy atom. The molecule has 3 heteroatoms. The van der Waals surface area contributed by atoms with E-state index in [1.165, 1.54) is 0 Å². The predicted molar refractivity (Wildman–Crippen MR) is 51.3 cm³/mol. The number of carbonyl (C=O) groups excluding carboxylic acids is 1. The van der Waals surface area contributed by atoms with Gasteiger partial charge in [0.15, 0.2) is 6.10 Å². The Balaban J connectivity index is 3.98. The van der Waals surface area contributed by atoms with Gasteiger partial charge < -0.3 is 9.84 Å². The van der Waals surface area contributed by atoms with E-state index in [0.29, 0.717) is 13.0 Å². The van der Waals surface area contributed by atoms with Crippen LogP contribution in [-0.2, 0) is 9.53 Å². The molecule has 0 aliphatic heterocycles. The van der Waals surface area contributed by atoms with Gasteiger partial charge in [-0.1, -0.05) is 18.6 Å². The van der Waals surface area contributed by atoms with Crippen LogP contribution in [0.4, 0.5) is 0 Å². The monoisotopic (exact) mass is 186 g/mol. The molecule has 0 spiro atoms. The van der Waals surface area contributed by atoms with Gasteiger partial charge in [-0.2, -0.15) is 0 Å². The SMILES string of the molecule is C/C=C(/CC)C[C@@H](O)C(=O)OCC. The molecule has 76 valence electrons. The summed E-state index contributed by atoms with van der Waals surface area (Å²) in [5, 5.41) is 9.37. The summed E-state index contributed by atoms with van der Waals surface area (Å²) in [6.07, 6.45) is 2.15. The van der Waals surface area contributed by atoms with Crippen LogP contribution in [0.3, 0.4) is 0 Å². The maximum Gasteiger partial charge on any atom is 0.335 e. The highest BCUT2D eigenvalue weighted by atomic mass is 16.5. The van der Waals surface area contributed by atoms with Gasteiger partial charge in [-0.3, -0.25) is 0 Å². The molecule has 0 amide bonds. The number of rotatable bonds is 5. The van der Waals surface area contributed by atoms with Gasteiger partial charge >= 0.3 is 5.97 Å². The minimum absolute atomic E-state index is 0.313. The predicted octanol–water partition coefficient (Wildman–Crippen LogP) is 1.66. The van der Waals surface area contributed by atoms with Crippen molar-refractivity contribution in [2.75, 3.05) is 6.61 Å². The number of hydrogen-bond acceptors (Lipinski definition) is 3. The van der Waals surface area contributed by atoms with Crippen LogP contribution < -0.4 is 0 Å². The van der Waals surface area contributed by atoms with E-state index in [4.69, 9.17) is 0 Å². The van der Waals surface area contributed by atoms with Gasteiger partial charge in [-0.25, -0.2) is 4.79 Å². The van der Waals surface area contributed by atoms with Gasteiger partial charge in [0.1, 0.15) is 0 Å². The zero-order chi connectivity index (χ0) is 10.3. The van der Waals surface area contributed by atoms with E-state index < -0.39 is 12.1 Å². The second-order valence-electron chi connectivity index (χ2n) is 2.77. The molecule has 0 saturated carbocycles. The number of ether oxygens (including phenoxy) is 1. The van der Waals surface area contributed by atoms with Crippen molar-refractivity contribution in [1.82, 2.24) is 0 Å². The topological polar surface area (TPSA) is 46.5 Å². The number of aliphatic hydroxyl groups is 1. The quantitative estimate of drug-likeness (QED) is 0.524. The number of hydrogen-bond donors (Lipinski definition) is 1. The fourth-order valence-corrected chi connectivity index (χ4v) is 1.04. The van der Waals surface area contributed by atoms with Crippen molar-refractivity contribution < 1.29 is 14.6 Å². The van der Waals surface area contributed by atoms with E-state index >= 15 is 0 Å². The lowest BCUT2D eigenvalue weighted by Crippen LogP contribution is -2.23. The van der Waals surface area contributed by atoms with Crippen LogP contribution in [-0.4, -0.2) is 23.8 Å². The van der Waals surface area contributed by atoms with Crippen molar-refractivity contribution in [1.29, 1.82) is 0 Å². The van der Waals surface area contributed by atoms with Crippen molar-refractivity contribution in [3.63, 3.8) is 0 Å². The maximum atomic E-state index is 11.0. The Bertz CT molecular complexity index is 185. The zero-order valence-corrected chi connectivity index (χ0v) is 8.54. The molecular formula is C10H18O3. The average Bonchev–Trinajstić information content (AvgIpc) is 2.14. The van der Waals surface area contributed by atoms with E-state index in [2.05, 4.69) is 4.74 Å². The van der Waals surface area contributed by atoms with E-state index in [0.717, 1.165) is 12.0 Å². The highest BCUT2D eigenvalue weighted by molar-refractivity contribution is 5.74. The molecule has 0 bridgehead atoms. The molecule has 0 radical (unpaired) electrons. The summed E-state index contributed by atoms with van der Waals surface area (Å²) in [6.45, 7) is 5.93. The van der Waals surface area contributed by atoms with Crippen LogP contribution in [0.1, 0.15) is 33.6 Å². The summed E-state index contributed by atoms with van der Waals surface area (Å²) in [5.41, 5.74) is 1.07. The van der Waals surface area contributed by atoms with Crippen molar-refractivity contribution in [3.8, 4) is 0 Å². The smallest absolute Gasteiger partial charge is 0.335 e. The summed E-state index contributed by atoms with van der Waals surface area (Å²) >= 11 is 0. The van der Waals surface area contributed by atoms with Crippen molar-refractivity contribution in [2.24, 2.45) is 0 Å². The van der Waals surface area contributed by atoms with Crippen molar-refractivity contribution in [2.45, 2.75) is 39.7 Å². The molecule has 0 fully saturated rings. The molecule has 0 saturated heterocycles. The molecular weight excluding hydrogens is 168 g/mol. The third-order valence-corrected chi connectivity index (χ3v) is 1.88. The summed E-state index contributed by atoms with van der Waals surface area (Å²) in [5.74, 6) is -0.532. The van der Waals surface area contributed by atoms with Crippen LogP contribution in [0, 0.1) is 0 Å². The van der Waals surface area contributed by atoms with Crippen molar-refractivity contribution >= 4 is 5.97 Å². The van der Waals surface area contributed by atoms with Gasteiger partial charge in [0.05, 0.1) is 6.61 Å². The number of esters is 1. The number of carbonyl (C=O) groups is 1. The normalized spacial score (nSPS) is 14.0. The molecule has 1 N–H and O–H groups in total. The molecule has 13 heavy (non-hydrogen) atoms. The lowest BCUT2D eigenvalue weighted by atomic mass is 10.1. The number of allylic oxidation sites excluding steroid dienone is 1. The zero-order valence-electron chi connectivity index (χ0n) is 8.54. The summed E-state index contributed by atoms with van der Waals surface area (Å²) in [7, 11) is 0. The molecule has 0 rings (SSSR count). The highest BCUT2D eigenvalue weighted by Crippen LogP contribution is 2.10. The van der Waals surface area contributed by atoms with E-state index in [1.54, 1.807) is 6.92 Å². The van der Waals surface area contributed by atoms with E-state index in [1.807, 2.05) is 19.9 Å². The molecule has 0 aromatic carbocycles. The first-order valence-corrected chi connectivity index (χ1v) is 4.64. The Kier molecular flexibility index (Phi) is 6.24. The minimum atomic E-state index is -1.01.